The smallest absolute Gasteiger partial charge is 0.257 e. The summed E-state index contributed by atoms with van der Waals surface area (Å²) >= 11 is 1.63. The van der Waals surface area contributed by atoms with Crippen molar-refractivity contribution >= 4 is 23.0 Å². The Balaban J connectivity index is 1.54. The van der Waals surface area contributed by atoms with Crippen molar-refractivity contribution in [1.29, 1.82) is 0 Å². The summed E-state index contributed by atoms with van der Waals surface area (Å²) in [6, 6.07) is 15.5. The Morgan fingerprint density at radius 1 is 1.30 bits per heavy atom. The molecule has 3 heterocycles. The summed E-state index contributed by atoms with van der Waals surface area (Å²) in [5, 5.41) is 8.29. The number of ether oxygens (including phenoxy) is 1. The molecule has 2 unspecified atom stereocenters. The van der Waals surface area contributed by atoms with Gasteiger partial charge in [-0.2, -0.15) is 5.10 Å². The maximum absolute atomic E-state index is 13.3. The molecule has 0 bridgehead atoms. The number of nitrogens with zero attached hydrogens (tertiary/aromatic N) is 3. The number of rotatable bonds is 7. The monoisotopic (exact) mass is 423 g/mol. The second kappa shape index (κ2) is 8.85. The maximum Gasteiger partial charge on any atom is 0.257 e. The number of carbonyl (C=O) groups is 1. The van der Waals surface area contributed by atoms with Crippen LogP contribution in [-0.2, 0) is 4.79 Å². The summed E-state index contributed by atoms with van der Waals surface area (Å²) in [6.07, 6.45) is 2.28. The molecular weight excluding hydrogens is 398 g/mol. The van der Waals surface area contributed by atoms with Crippen molar-refractivity contribution in [3.63, 3.8) is 0 Å². The first-order chi connectivity index (χ1) is 14.6. The highest BCUT2D eigenvalue weighted by molar-refractivity contribution is 7.12. The predicted octanol–water partition coefficient (Wildman–Crippen LogP) is 4.72. The molecule has 156 valence electrons. The van der Waals surface area contributed by atoms with E-state index in [9.17, 15) is 4.79 Å². The fraction of sp³-hybridized carbons (Fsp3) is 0.304. The average Bonchev–Trinajstić information content (AvgIpc) is 3.53. The lowest BCUT2D eigenvalue weighted by Gasteiger charge is -2.28. The van der Waals surface area contributed by atoms with Gasteiger partial charge < -0.3 is 9.15 Å². The first-order valence-corrected chi connectivity index (χ1v) is 10.8. The number of methoxy groups -OCH3 is 1. The molecule has 7 heteroatoms. The van der Waals surface area contributed by atoms with E-state index in [2.05, 4.69) is 12.0 Å². The molecule has 6 nitrogen and oxygen atoms in total. The highest BCUT2D eigenvalue weighted by Gasteiger charge is 2.35. The van der Waals surface area contributed by atoms with E-state index in [1.807, 2.05) is 65.9 Å². The molecule has 0 spiro atoms. The number of furan rings is 1. The van der Waals surface area contributed by atoms with E-state index >= 15 is 0 Å². The molecule has 4 rings (SSSR count). The fourth-order valence-electron chi connectivity index (χ4n) is 3.71. The third-order valence-electron chi connectivity index (χ3n) is 5.48. The van der Waals surface area contributed by atoms with Gasteiger partial charge in [0.15, 0.2) is 0 Å². The number of carbonyl (C=O) groups excluding carboxylic acids is 1. The third-order valence-corrected chi connectivity index (χ3v) is 6.40. The largest absolute Gasteiger partial charge is 0.496 e. The van der Waals surface area contributed by atoms with Crippen LogP contribution >= 0.6 is 11.3 Å². The van der Waals surface area contributed by atoms with Crippen LogP contribution in [0.15, 0.2) is 69.7 Å². The van der Waals surface area contributed by atoms with Crippen LogP contribution in [0, 0.1) is 0 Å². The zero-order valence-electron chi connectivity index (χ0n) is 17.3. The highest BCUT2D eigenvalue weighted by atomic mass is 32.1. The summed E-state index contributed by atoms with van der Waals surface area (Å²) in [5.74, 6) is 1.50. The Bertz CT molecular complexity index is 1010. The fourth-order valence-corrected chi connectivity index (χ4v) is 4.43. The van der Waals surface area contributed by atoms with Gasteiger partial charge >= 0.3 is 0 Å². The zero-order chi connectivity index (χ0) is 21.1. The van der Waals surface area contributed by atoms with Crippen LogP contribution in [0.25, 0.3) is 0 Å². The van der Waals surface area contributed by atoms with E-state index in [-0.39, 0.29) is 24.5 Å². The SMILES string of the molecule is COc1ccccc1C(C)N(C)CC(=O)N1N=C(c2cccs2)CC1c1ccco1. The number of benzene rings is 1. The molecule has 0 saturated heterocycles. The first kappa shape index (κ1) is 20.4. The molecule has 0 saturated carbocycles. The molecule has 1 aromatic carbocycles. The Hall–Kier alpha value is -2.90. The lowest BCUT2D eigenvalue weighted by atomic mass is 10.1. The molecule has 1 aliphatic rings. The molecule has 1 aliphatic heterocycles. The molecule has 0 radical (unpaired) electrons. The van der Waals surface area contributed by atoms with Crippen LogP contribution in [0.4, 0.5) is 0 Å². The number of hydrogen-bond acceptors (Lipinski definition) is 6. The van der Waals surface area contributed by atoms with Crippen molar-refractivity contribution in [3.8, 4) is 5.75 Å². The van der Waals surface area contributed by atoms with Gasteiger partial charge in [-0.15, -0.1) is 11.3 Å². The molecule has 2 atom stereocenters. The van der Waals surface area contributed by atoms with Crippen LogP contribution in [-0.4, -0.2) is 42.2 Å². The molecule has 2 aromatic heterocycles. The van der Waals surface area contributed by atoms with Gasteiger partial charge in [-0.25, -0.2) is 5.01 Å². The highest BCUT2D eigenvalue weighted by Crippen LogP contribution is 2.34. The van der Waals surface area contributed by atoms with Gasteiger partial charge in [-0.1, -0.05) is 24.3 Å². The van der Waals surface area contributed by atoms with Crippen LogP contribution in [0.2, 0.25) is 0 Å². The van der Waals surface area contributed by atoms with Gasteiger partial charge in [-0.3, -0.25) is 9.69 Å². The van der Waals surface area contributed by atoms with Crippen LogP contribution < -0.4 is 4.74 Å². The quantitative estimate of drug-likeness (QED) is 0.552. The van der Waals surface area contributed by atoms with Gasteiger partial charge in [0.1, 0.15) is 17.6 Å². The van der Waals surface area contributed by atoms with Gasteiger partial charge in [-0.05, 0) is 43.6 Å². The van der Waals surface area contributed by atoms with Crippen molar-refractivity contribution < 1.29 is 13.9 Å². The molecule has 1 amide bonds. The number of hydrogen-bond donors (Lipinski definition) is 0. The van der Waals surface area contributed by atoms with Gasteiger partial charge in [0, 0.05) is 18.0 Å². The van der Waals surface area contributed by atoms with E-state index in [1.54, 1.807) is 29.7 Å². The lowest BCUT2D eigenvalue weighted by Crippen LogP contribution is -2.37. The lowest BCUT2D eigenvalue weighted by molar-refractivity contribution is -0.134. The Labute approximate surface area is 180 Å². The number of para-hydroxylation sites is 1. The van der Waals surface area contributed by atoms with E-state index in [1.165, 1.54) is 0 Å². The number of likely N-dealkylation sites (N-methyl/N-ethyl adjacent to an activating group) is 1. The molecular formula is C23H25N3O3S. The van der Waals surface area contributed by atoms with Gasteiger partial charge in [0.05, 0.1) is 30.5 Å². The summed E-state index contributed by atoms with van der Waals surface area (Å²) in [4.78, 5) is 16.4. The Kier molecular flexibility index (Phi) is 6.01. The predicted molar refractivity (Wildman–Crippen MR) is 118 cm³/mol. The minimum Gasteiger partial charge on any atom is -0.496 e. The average molecular weight is 424 g/mol. The van der Waals surface area contributed by atoms with E-state index in [0.717, 1.165) is 27.7 Å². The summed E-state index contributed by atoms with van der Waals surface area (Å²) in [5.41, 5.74) is 1.96. The molecule has 0 fully saturated rings. The maximum atomic E-state index is 13.3. The minimum absolute atomic E-state index is 0.00973. The van der Waals surface area contributed by atoms with Crippen LogP contribution in [0.1, 0.15) is 41.6 Å². The van der Waals surface area contributed by atoms with E-state index < -0.39 is 0 Å². The Morgan fingerprint density at radius 2 is 2.13 bits per heavy atom. The second-order valence-electron chi connectivity index (χ2n) is 7.33. The van der Waals surface area contributed by atoms with Crippen molar-refractivity contribution in [1.82, 2.24) is 9.91 Å². The molecule has 3 aromatic rings. The van der Waals surface area contributed by atoms with Crippen molar-refractivity contribution in [3.05, 3.63) is 76.4 Å². The summed E-state index contributed by atoms with van der Waals surface area (Å²) in [6.45, 7) is 2.30. The van der Waals surface area contributed by atoms with Crippen molar-refractivity contribution in [2.24, 2.45) is 5.10 Å². The summed E-state index contributed by atoms with van der Waals surface area (Å²) in [7, 11) is 3.60. The van der Waals surface area contributed by atoms with Crippen LogP contribution in [0.5, 0.6) is 5.75 Å². The van der Waals surface area contributed by atoms with Crippen molar-refractivity contribution in [2.75, 3.05) is 20.7 Å². The van der Waals surface area contributed by atoms with E-state index in [4.69, 9.17) is 9.15 Å². The summed E-state index contributed by atoms with van der Waals surface area (Å²) < 4.78 is 11.1. The van der Waals surface area contributed by atoms with Crippen LogP contribution in [0.3, 0.4) is 0 Å². The number of amides is 1. The molecule has 30 heavy (non-hydrogen) atoms. The van der Waals surface area contributed by atoms with Gasteiger partial charge in [0.25, 0.3) is 5.91 Å². The van der Waals surface area contributed by atoms with E-state index in [0.29, 0.717) is 6.42 Å². The topological polar surface area (TPSA) is 58.3 Å². The molecule has 0 aliphatic carbocycles. The number of hydrazone groups is 1. The third kappa shape index (κ3) is 4.04. The standard InChI is InChI=1S/C23H25N3O3S/c1-16(17-8-4-5-9-20(17)28-3)25(2)15-23(27)26-19(21-10-6-12-29-21)14-18(24-26)22-11-7-13-30-22/h4-13,16,19H,14-15H2,1-3H3. The number of thiophene rings is 1. The second-order valence-corrected chi connectivity index (χ2v) is 8.28. The van der Waals surface area contributed by atoms with Gasteiger partial charge in [0.2, 0.25) is 0 Å². The zero-order valence-corrected chi connectivity index (χ0v) is 18.1. The Morgan fingerprint density at radius 3 is 2.83 bits per heavy atom. The molecule has 0 N–H and O–H groups in total. The van der Waals surface area contributed by atoms with Crippen molar-refractivity contribution in [2.45, 2.75) is 25.4 Å². The first-order valence-electron chi connectivity index (χ1n) is 9.88. The normalized spacial score (nSPS) is 17.3. The minimum atomic E-state index is -0.223.